The molecule has 0 saturated carbocycles. The largest absolute Gasteiger partial charge is 0.332 e. The van der Waals surface area contributed by atoms with E-state index in [1.165, 1.54) is 11.1 Å². The number of para-hydroxylation sites is 1. The van der Waals surface area contributed by atoms with Crippen molar-refractivity contribution in [1.82, 2.24) is 0 Å². The van der Waals surface area contributed by atoms with Crippen LogP contribution in [0.2, 0.25) is 10.0 Å². The molecule has 0 saturated heterocycles. The van der Waals surface area contributed by atoms with Gasteiger partial charge in [-0.25, -0.2) is 0 Å². The van der Waals surface area contributed by atoms with Crippen molar-refractivity contribution in [3.05, 3.63) is 57.6 Å². The van der Waals surface area contributed by atoms with Gasteiger partial charge in [-0.15, -0.1) is 0 Å². The van der Waals surface area contributed by atoms with Crippen molar-refractivity contribution in [3.63, 3.8) is 0 Å². The zero-order valence-electron chi connectivity index (χ0n) is 12.5. The third-order valence-electron chi connectivity index (χ3n) is 3.36. The Bertz CT molecular complexity index is 644. The smallest absolute Gasteiger partial charge is 0.175 e. The van der Waals surface area contributed by atoms with Crippen molar-refractivity contribution in [3.8, 4) is 0 Å². The van der Waals surface area contributed by atoms with E-state index < -0.39 is 0 Å². The van der Waals surface area contributed by atoms with Crippen LogP contribution in [0.15, 0.2) is 36.4 Å². The van der Waals surface area contributed by atoms with Crippen molar-refractivity contribution in [2.24, 2.45) is 0 Å². The summed E-state index contributed by atoms with van der Waals surface area (Å²) in [6.07, 6.45) is 1.89. The van der Waals surface area contributed by atoms with Crippen molar-refractivity contribution in [2.75, 3.05) is 10.6 Å². The lowest BCUT2D eigenvalue weighted by atomic mass is 10.0. The van der Waals surface area contributed by atoms with E-state index in [9.17, 15) is 0 Å². The van der Waals surface area contributed by atoms with Gasteiger partial charge in [-0.3, -0.25) is 0 Å². The van der Waals surface area contributed by atoms with Crippen LogP contribution < -0.4 is 10.6 Å². The van der Waals surface area contributed by atoms with Crippen LogP contribution in [-0.4, -0.2) is 5.11 Å². The van der Waals surface area contributed by atoms with Crippen molar-refractivity contribution in [2.45, 2.75) is 26.7 Å². The predicted octanol–water partition coefficient (Wildman–Crippen LogP) is 5.93. The summed E-state index contributed by atoms with van der Waals surface area (Å²) >= 11 is 17.4. The summed E-state index contributed by atoms with van der Waals surface area (Å²) in [5.74, 6) is 0. The Morgan fingerprint density at radius 1 is 0.955 bits per heavy atom. The molecule has 0 amide bonds. The summed E-state index contributed by atoms with van der Waals surface area (Å²) < 4.78 is 0. The summed E-state index contributed by atoms with van der Waals surface area (Å²) in [4.78, 5) is 0. The van der Waals surface area contributed by atoms with Gasteiger partial charge in [0.15, 0.2) is 5.11 Å². The van der Waals surface area contributed by atoms with E-state index in [-0.39, 0.29) is 0 Å². The van der Waals surface area contributed by atoms with Gasteiger partial charge < -0.3 is 10.6 Å². The Kier molecular flexibility index (Phi) is 6.07. The molecule has 0 aromatic heterocycles. The Morgan fingerprint density at radius 3 is 2.00 bits per heavy atom. The fourth-order valence-corrected chi connectivity index (χ4v) is 3.05. The number of thiocarbonyl (C=S) groups is 1. The highest BCUT2D eigenvalue weighted by Crippen LogP contribution is 2.25. The maximum absolute atomic E-state index is 6.00. The second kappa shape index (κ2) is 7.82. The normalized spacial score (nSPS) is 10.4. The number of nitrogens with one attached hydrogen (secondary N) is 2. The van der Waals surface area contributed by atoms with E-state index in [1.54, 1.807) is 18.2 Å². The van der Waals surface area contributed by atoms with Crippen molar-refractivity contribution < 1.29 is 0 Å². The summed E-state index contributed by atoms with van der Waals surface area (Å²) in [6, 6.07) is 11.6. The highest BCUT2D eigenvalue weighted by molar-refractivity contribution is 7.80. The summed E-state index contributed by atoms with van der Waals surface area (Å²) in [7, 11) is 0. The summed E-state index contributed by atoms with van der Waals surface area (Å²) in [6.45, 7) is 4.26. The van der Waals surface area contributed by atoms with Crippen LogP contribution in [0.4, 0.5) is 11.4 Å². The van der Waals surface area contributed by atoms with E-state index >= 15 is 0 Å². The van der Waals surface area contributed by atoms with Gasteiger partial charge in [0.1, 0.15) is 0 Å². The molecule has 0 fully saturated rings. The highest BCUT2D eigenvalue weighted by atomic mass is 35.5. The van der Waals surface area contributed by atoms with Gasteiger partial charge in [-0.2, -0.15) is 0 Å². The van der Waals surface area contributed by atoms with Crippen LogP contribution in [0.3, 0.4) is 0 Å². The maximum Gasteiger partial charge on any atom is 0.175 e. The van der Waals surface area contributed by atoms with Crippen LogP contribution >= 0.6 is 35.4 Å². The van der Waals surface area contributed by atoms with Gasteiger partial charge in [0.05, 0.1) is 0 Å². The van der Waals surface area contributed by atoms with Crippen LogP contribution in [0.25, 0.3) is 0 Å². The monoisotopic (exact) mass is 352 g/mol. The first kappa shape index (κ1) is 17.1. The minimum absolute atomic E-state index is 0.522. The Hall–Kier alpha value is -1.29. The standard InChI is InChI=1S/C17H18Cl2N2S/c1-3-11-6-5-7-12(4-2)16(11)21-17(22)20-15-9-13(18)8-14(19)10-15/h5-10H,3-4H2,1-2H3,(H2,20,21,22). The molecule has 2 nitrogen and oxygen atoms in total. The third-order valence-corrected chi connectivity index (χ3v) is 4.00. The van der Waals surface area contributed by atoms with Gasteiger partial charge in [-0.1, -0.05) is 55.2 Å². The molecule has 0 atom stereocenters. The average Bonchev–Trinajstić information content (AvgIpc) is 2.46. The van der Waals surface area contributed by atoms with Gasteiger partial charge in [0.25, 0.3) is 0 Å². The number of anilines is 2. The molecule has 2 aromatic carbocycles. The fourth-order valence-electron chi connectivity index (χ4n) is 2.31. The lowest BCUT2D eigenvalue weighted by Gasteiger charge is -2.17. The molecule has 0 radical (unpaired) electrons. The van der Waals surface area contributed by atoms with Crippen LogP contribution in [-0.2, 0) is 12.8 Å². The molecule has 2 N–H and O–H groups in total. The Balaban J connectivity index is 2.18. The third kappa shape index (κ3) is 4.35. The van der Waals surface area contributed by atoms with Gasteiger partial charge in [-0.05, 0) is 54.4 Å². The van der Waals surface area contributed by atoms with Gasteiger partial charge in [0, 0.05) is 21.4 Å². The molecular weight excluding hydrogens is 335 g/mol. The molecule has 0 aliphatic heterocycles. The number of hydrogen-bond acceptors (Lipinski definition) is 1. The Morgan fingerprint density at radius 2 is 1.50 bits per heavy atom. The van der Waals surface area contributed by atoms with E-state index in [4.69, 9.17) is 35.4 Å². The van der Waals surface area contributed by atoms with Crippen LogP contribution in [0.1, 0.15) is 25.0 Å². The minimum atomic E-state index is 0.522. The van der Waals surface area contributed by atoms with E-state index in [0.29, 0.717) is 15.2 Å². The molecule has 2 aromatic rings. The van der Waals surface area contributed by atoms with Gasteiger partial charge in [0.2, 0.25) is 0 Å². The number of hydrogen-bond donors (Lipinski definition) is 2. The minimum Gasteiger partial charge on any atom is -0.332 e. The second-order valence-electron chi connectivity index (χ2n) is 4.90. The molecule has 0 heterocycles. The van der Waals surface area contributed by atoms with Gasteiger partial charge >= 0.3 is 0 Å². The highest BCUT2D eigenvalue weighted by Gasteiger charge is 2.08. The van der Waals surface area contributed by atoms with E-state index in [0.717, 1.165) is 24.2 Å². The molecule has 0 spiro atoms. The first-order valence-corrected chi connectivity index (χ1v) is 8.34. The molecular formula is C17H18Cl2N2S. The molecule has 0 unspecified atom stereocenters. The first-order valence-electron chi connectivity index (χ1n) is 7.18. The lowest BCUT2D eigenvalue weighted by molar-refractivity contribution is 1.09. The summed E-state index contributed by atoms with van der Waals surface area (Å²) in [5, 5.41) is 8.09. The van der Waals surface area contributed by atoms with E-state index in [1.807, 2.05) is 0 Å². The SMILES string of the molecule is CCc1cccc(CC)c1NC(=S)Nc1cc(Cl)cc(Cl)c1. The maximum atomic E-state index is 6.00. The number of benzene rings is 2. The van der Waals surface area contributed by atoms with Crippen LogP contribution in [0.5, 0.6) is 0 Å². The molecule has 0 bridgehead atoms. The molecule has 22 heavy (non-hydrogen) atoms. The average molecular weight is 353 g/mol. The zero-order valence-corrected chi connectivity index (χ0v) is 14.9. The van der Waals surface area contributed by atoms with Crippen molar-refractivity contribution in [1.29, 1.82) is 0 Å². The lowest BCUT2D eigenvalue weighted by Crippen LogP contribution is -2.21. The second-order valence-corrected chi connectivity index (χ2v) is 6.18. The molecule has 5 heteroatoms. The summed E-state index contributed by atoms with van der Waals surface area (Å²) in [5.41, 5.74) is 4.33. The van der Waals surface area contributed by atoms with E-state index in [2.05, 4.69) is 42.7 Å². The predicted molar refractivity (Wildman–Crippen MR) is 102 cm³/mol. The van der Waals surface area contributed by atoms with Crippen molar-refractivity contribution >= 4 is 51.9 Å². The number of aryl methyl sites for hydroxylation is 2. The molecule has 2 rings (SSSR count). The Labute approximate surface area is 146 Å². The number of rotatable bonds is 4. The molecule has 0 aliphatic rings. The molecule has 0 aliphatic carbocycles. The topological polar surface area (TPSA) is 24.1 Å². The zero-order chi connectivity index (χ0) is 16.1. The molecule has 116 valence electrons. The van der Waals surface area contributed by atoms with Crippen LogP contribution in [0, 0.1) is 0 Å². The number of halogens is 2. The quantitative estimate of drug-likeness (QED) is 0.667. The fraction of sp³-hybridized carbons (Fsp3) is 0.235. The first-order chi connectivity index (χ1) is 10.5.